The van der Waals surface area contributed by atoms with Crippen molar-refractivity contribution in [3.05, 3.63) is 113 Å². The lowest BCUT2D eigenvalue weighted by Gasteiger charge is -1.98. The van der Waals surface area contributed by atoms with Gasteiger partial charge in [0.25, 0.3) is 0 Å². The lowest BCUT2D eigenvalue weighted by molar-refractivity contribution is 0.177. The van der Waals surface area contributed by atoms with E-state index in [2.05, 4.69) is 17.0 Å². The molecule has 0 fully saturated rings. The molecule has 0 amide bonds. The number of hydrogen-bond acceptors (Lipinski definition) is 2. The third-order valence-electron chi connectivity index (χ3n) is 3.62. The predicted octanol–water partition coefficient (Wildman–Crippen LogP) is 5.15. The number of benzene rings is 3. The van der Waals surface area contributed by atoms with Crippen LogP contribution in [-0.4, -0.2) is 12.8 Å². The molecular weight excluding hydrogens is 318 g/mol. The second kappa shape index (κ2) is 9.66. The molecule has 126 valence electrons. The fourth-order valence-corrected chi connectivity index (χ4v) is 2.31. The minimum Gasteiger partial charge on any atom is -0.392 e. The summed E-state index contributed by atoms with van der Waals surface area (Å²) >= 11 is 0. The SMILES string of the molecule is C(#Cc1ccccc1/C=N/OC/C=C/c1ccccc1)c1ccccc1. The number of nitrogens with zero attached hydrogens (tertiary/aromatic N) is 1. The maximum Gasteiger partial charge on any atom is 0.135 e. The van der Waals surface area contributed by atoms with E-state index in [-0.39, 0.29) is 0 Å². The molecule has 0 saturated carbocycles. The van der Waals surface area contributed by atoms with Gasteiger partial charge in [-0.2, -0.15) is 0 Å². The van der Waals surface area contributed by atoms with Crippen LogP contribution >= 0.6 is 0 Å². The van der Waals surface area contributed by atoms with Gasteiger partial charge in [-0.05, 0) is 29.8 Å². The molecule has 0 aliphatic heterocycles. The van der Waals surface area contributed by atoms with E-state index in [1.54, 1.807) is 6.21 Å². The molecule has 0 N–H and O–H groups in total. The van der Waals surface area contributed by atoms with Crippen LogP contribution in [0.1, 0.15) is 22.3 Å². The Kier molecular flexibility index (Phi) is 6.41. The van der Waals surface area contributed by atoms with E-state index < -0.39 is 0 Å². The van der Waals surface area contributed by atoms with E-state index in [1.807, 2.05) is 97.1 Å². The first-order chi connectivity index (χ1) is 12.9. The highest BCUT2D eigenvalue weighted by Crippen LogP contribution is 2.06. The van der Waals surface area contributed by atoms with Gasteiger partial charge in [-0.15, -0.1) is 0 Å². The standard InChI is InChI=1S/C24H19NO/c1-3-10-21(11-4-1)14-9-19-26-25-20-24-16-8-7-15-23(24)18-17-22-12-5-2-6-13-22/h1-16,20H,19H2/b14-9+,25-20+. The number of rotatable bonds is 5. The van der Waals surface area contributed by atoms with Gasteiger partial charge >= 0.3 is 0 Å². The Bertz CT molecular complexity index is 932. The topological polar surface area (TPSA) is 21.6 Å². The van der Waals surface area contributed by atoms with Gasteiger partial charge in [0.15, 0.2) is 0 Å². The van der Waals surface area contributed by atoms with E-state index in [1.165, 1.54) is 0 Å². The van der Waals surface area contributed by atoms with E-state index in [0.717, 1.165) is 22.3 Å². The summed E-state index contributed by atoms with van der Waals surface area (Å²) in [5.74, 6) is 6.36. The van der Waals surface area contributed by atoms with Crippen LogP contribution in [-0.2, 0) is 4.84 Å². The van der Waals surface area contributed by atoms with Crippen molar-refractivity contribution in [2.45, 2.75) is 0 Å². The van der Waals surface area contributed by atoms with E-state index in [0.29, 0.717) is 6.61 Å². The molecule has 2 nitrogen and oxygen atoms in total. The van der Waals surface area contributed by atoms with E-state index in [9.17, 15) is 0 Å². The minimum atomic E-state index is 0.420. The van der Waals surface area contributed by atoms with Crippen LogP contribution in [0.15, 0.2) is 96.2 Å². The normalized spacial score (nSPS) is 10.6. The fourth-order valence-electron chi connectivity index (χ4n) is 2.31. The van der Waals surface area contributed by atoms with Crippen molar-refractivity contribution < 1.29 is 4.84 Å². The van der Waals surface area contributed by atoms with Crippen LogP contribution in [0.5, 0.6) is 0 Å². The van der Waals surface area contributed by atoms with Crippen LogP contribution in [0.25, 0.3) is 6.08 Å². The Labute approximate surface area is 154 Å². The smallest absolute Gasteiger partial charge is 0.135 e. The van der Waals surface area contributed by atoms with Crippen LogP contribution < -0.4 is 0 Å². The zero-order chi connectivity index (χ0) is 17.9. The highest BCUT2D eigenvalue weighted by atomic mass is 16.6. The monoisotopic (exact) mass is 337 g/mol. The number of hydrogen-bond donors (Lipinski definition) is 0. The first-order valence-corrected chi connectivity index (χ1v) is 8.45. The molecule has 26 heavy (non-hydrogen) atoms. The first-order valence-electron chi connectivity index (χ1n) is 8.45. The second-order valence-electron chi connectivity index (χ2n) is 5.55. The Hall–Kier alpha value is -3.57. The van der Waals surface area contributed by atoms with Crippen LogP contribution in [0.4, 0.5) is 0 Å². The van der Waals surface area contributed by atoms with Gasteiger partial charge in [-0.25, -0.2) is 0 Å². The summed E-state index contributed by atoms with van der Waals surface area (Å²) in [6.45, 7) is 0.420. The van der Waals surface area contributed by atoms with Gasteiger partial charge in [0.2, 0.25) is 0 Å². The molecule has 2 heteroatoms. The molecular formula is C24H19NO. The average Bonchev–Trinajstić information content (AvgIpc) is 2.71. The zero-order valence-electron chi connectivity index (χ0n) is 14.4. The van der Waals surface area contributed by atoms with Crippen molar-refractivity contribution in [1.29, 1.82) is 0 Å². The third-order valence-corrected chi connectivity index (χ3v) is 3.62. The van der Waals surface area contributed by atoms with Crippen molar-refractivity contribution in [3.63, 3.8) is 0 Å². The fraction of sp³-hybridized carbons (Fsp3) is 0.0417. The van der Waals surface area contributed by atoms with Gasteiger partial charge in [0.05, 0.1) is 6.21 Å². The Morgan fingerprint density at radius 3 is 2.27 bits per heavy atom. The molecule has 0 spiro atoms. The average molecular weight is 337 g/mol. The minimum absolute atomic E-state index is 0.420. The molecule has 0 aromatic heterocycles. The molecule has 0 heterocycles. The van der Waals surface area contributed by atoms with Gasteiger partial charge in [-0.3, -0.25) is 0 Å². The van der Waals surface area contributed by atoms with Gasteiger partial charge < -0.3 is 4.84 Å². The van der Waals surface area contributed by atoms with Crippen molar-refractivity contribution in [2.75, 3.05) is 6.61 Å². The van der Waals surface area contributed by atoms with Gasteiger partial charge in [0, 0.05) is 16.7 Å². The maximum atomic E-state index is 5.31. The molecule has 0 atom stereocenters. The lowest BCUT2D eigenvalue weighted by atomic mass is 10.1. The third kappa shape index (κ3) is 5.51. The van der Waals surface area contributed by atoms with Gasteiger partial charge in [0.1, 0.15) is 6.61 Å². The van der Waals surface area contributed by atoms with E-state index >= 15 is 0 Å². The lowest BCUT2D eigenvalue weighted by Crippen LogP contribution is -1.90. The second-order valence-corrected chi connectivity index (χ2v) is 5.55. The Morgan fingerprint density at radius 2 is 1.46 bits per heavy atom. The highest BCUT2D eigenvalue weighted by molar-refractivity contribution is 5.83. The van der Waals surface area contributed by atoms with Crippen LogP contribution in [0.2, 0.25) is 0 Å². The predicted molar refractivity (Wildman–Crippen MR) is 108 cm³/mol. The highest BCUT2D eigenvalue weighted by Gasteiger charge is 1.95. The molecule has 3 aromatic carbocycles. The molecule has 0 bridgehead atoms. The van der Waals surface area contributed by atoms with Crippen molar-refractivity contribution in [3.8, 4) is 11.8 Å². The quantitative estimate of drug-likeness (QED) is 0.273. The molecule has 3 aromatic rings. The summed E-state index contributed by atoms with van der Waals surface area (Å²) in [5, 5.41) is 4.04. The number of oxime groups is 1. The molecule has 0 saturated heterocycles. The summed E-state index contributed by atoms with van der Waals surface area (Å²) in [7, 11) is 0. The summed E-state index contributed by atoms with van der Waals surface area (Å²) in [4.78, 5) is 5.31. The Balaban J connectivity index is 1.59. The van der Waals surface area contributed by atoms with Crippen LogP contribution in [0.3, 0.4) is 0 Å². The molecule has 0 aliphatic carbocycles. The summed E-state index contributed by atoms with van der Waals surface area (Å²) in [6, 6.07) is 27.9. The van der Waals surface area contributed by atoms with Crippen molar-refractivity contribution in [2.24, 2.45) is 5.16 Å². The maximum absolute atomic E-state index is 5.31. The molecule has 3 rings (SSSR count). The summed E-state index contributed by atoms with van der Waals surface area (Å²) in [5.41, 5.74) is 3.98. The Morgan fingerprint density at radius 1 is 0.769 bits per heavy atom. The molecule has 0 aliphatic rings. The molecule has 0 unspecified atom stereocenters. The van der Waals surface area contributed by atoms with E-state index in [4.69, 9.17) is 4.84 Å². The first kappa shape index (κ1) is 17.3. The van der Waals surface area contributed by atoms with Crippen LogP contribution in [0, 0.1) is 11.8 Å². The largest absolute Gasteiger partial charge is 0.392 e. The van der Waals surface area contributed by atoms with Crippen molar-refractivity contribution >= 4 is 12.3 Å². The van der Waals surface area contributed by atoms with Crippen molar-refractivity contribution in [1.82, 2.24) is 0 Å². The van der Waals surface area contributed by atoms with Gasteiger partial charge in [-0.1, -0.05) is 89.8 Å². The molecule has 0 radical (unpaired) electrons. The summed E-state index contributed by atoms with van der Waals surface area (Å²) < 4.78 is 0. The zero-order valence-corrected chi connectivity index (χ0v) is 14.4. The summed E-state index contributed by atoms with van der Waals surface area (Å²) in [6.07, 6.45) is 5.65.